The monoisotopic (exact) mass is 397 g/mol. The minimum Gasteiger partial charge on any atom is -0.324 e. The second-order valence-electron chi connectivity index (χ2n) is 8.37. The fourth-order valence-corrected chi connectivity index (χ4v) is 3.54. The van der Waals surface area contributed by atoms with Crippen molar-refractivity contribution >= 4 is 22.4 Å². The normalized spacial score (nSPS) is 17.7. The average Bonchev–Trinajstić information content (AvgIpc) is 3.12. The maximum atomic E-state index is 13.0. The van der Waals surface area contributed by atoms with E-state index in [1.54, 1.807) is 6.20 Å². The van der Waals surface area contributed by atoms with E-state index in [0.717, 1.165) is 34.4 Å². The zero-order chi connectivity index (χ0) is 20.8. The van der Waals surface area contributed by atoms with Crippen molar-refractivity contribution < 1.29 is 13.2 Å². The number of hydrogen-bond acceptors (Lipinski definition) is 3. The summed E-state index contributed by atoms with van der Waals surface area (Å²) in [6.07, 6.45) is -2.61. The molecule has 0 saturated heterocycles. The number of aliphatic imine (C=N–C) groups is 1. The lowest BCUT2D eigenvalue weighted by molar-refractivity contribution is -0.137. The van der Waals surface area contributed by atoms with Crippen LogP contribution in [0.3, 0.4) is 0 Å². The minimum absolute atomic E-state index is 0.0127. The summed E-state index contributed by atoms with van der Waals surface area (Å²) >= 11 is 0. The lowest BCUT2D eigenvalue weighted by Gasteiger charge is -2.26. The second-order valence-corrected chi connectivity index (χ2v) is 8.37. The van der Waals surface area contributed by atoms with Gasteiger partial charge in [0.1, 0.15) is 5.84 Å². The molecule has 0 N–H and O–H groups in total. The molecule has 1 aromatic heterocycles. The third-order valence-corrected chi connectivity index (χ3v) is 5.27. The van der Waals surface area contributed by atoms with Crippen molar-refractivity contribution in [3.8, 4) is 0 Å². The van der Waals surface area contributed by atoms with Crippen LogP contribution in [0, 0.1) is 5.41 Å². The fourth-order valence-electron chi connectivity index (χ4n) is 3.54. The summed E-state index contributed by atoms with van der Waals surface area (Å²) in [4.78, 5) is 11.5. The molecule has 0 saturated carbocycles. The SMILES string of the molecule is CC(C)(C)C1CN(c2ccc(C(F)(F)F)cc2)C(c2cccc3cccnc23)=N1. The molecule has 150 valence electrons. The first-order valence-corrected chi connectivity index (χ1v) is 9.51. The van der Waals surface area contributed by atoms with Crippen molar-refractivity contribution in [2.45, 2.75) is 33.0 Å². The van der Waals surface area contributed by atoms with Gasteiger partial charge in [-0.05, 0) is 41.8 Å². The molecule has 0 spiro atoms. The quantitative estimate of drug-likeness (QED) is 0.536. The predicted octanol–water partition coefficient (Wildman–Crippen LogP) is 5.94. The standard InChI is InChI=1S/C23H22F3N3/c1-22(2,3)19-14-29(17-11-9-16(10-12-17)23(24,25)26)21(28-19)18-8-4-6-15-7-5-13-27-20(15)18/h4-13,19H,14H2,1-3H3. The van der Waals surface area contributed by atoms with Crippen molar-refractivity contribution in [3.05, 3.63) is 71.9 Å². The number of rotatable bonds is 2. The fraction of sp³-hybridized carbons (Fsp3) is 0.304. The highest BCUT2D eigenvalue weighted by Gasteiger charge is 2.36. The van der Waals surface area contributed by atoms with E-state index >= 15 is 0 Å². The highest BCUT2D eigenvalue weighted by molar-refractivity contribution is 6.17. The van der Waals surface area contributed by atoms with Gasteiger partial charge in [-0.25, -0.2) is 0 Å². The molecule has 1 aliphatic rings. The van der Waals surface area contributed by atoms with E-state index in [-0.39, 0.29) is 11.5 Å². The molecule has 0 radical (unpaired) electrons. The van der Waals surface area contributed by atoms with E-state index in [4.69, 9.17) is 4.99 Å². The molecule has 4 rings (SSSR count). The molecule has 0 fully saturated rings. The molecule has 1 unspecified atom stereocenters. The largest absolute Gasteiger partial charge is 0.416 e. The molecular weight excluding hydrogens is 375 g/mol. The number of fused-ring (bicyclic) bond motifs is 1. The zero-order valence-corrected chi connectivity index (χ0v) is 16.5. The van der Waals surface area contributed by atoms with Crippen molar-refractivity contribution in [2.24, 2.45) is 10.4 Å². The number of nitrogens with zero attached hydrogens (tertiary/aromatic N) is 3. The van der Waals surface area contributed by atoms with Crippen LogP contribution in [0.4, 0.5) is 18.9 Å². The number of benzene rings is 2. The van der Waals surface area contributed by atoms with Crippen molar-refractivity contribution in [1.29, 1.82) is 0 Å². The number of alkyl halides is 3. The third kappa shape index (κ3) is 3.71. The zero-order valence-electron chi connectivity index (χ0n) is 16.5. The van der Waals surface area contributed by atoms with Crippen LogP contribution in [0.15, 0.2) is 65.8 Å². The Morgan fingerprint density at radius 2 is 1.62 bits per heavy atom. The summed E-state index contributed by atoms with van der Waals surface area (Å²) in [7, 11) is 0. The van der Waals surface area contributed by atoms with Crippen LogP contribution in [0.5, 0.6) is 0 Å². The van der Waals surface area contributed by atoms with Crippen LogP contribution >= 0.6 is 0 Å². The molecule has 1 atom stereocenters. The Kier molecular flexibility index (Phi) is 4.60. The number of anilines is 1. The van der Waals surface area contributed by atoms with Gasteiger partial charge in [-0.15, -0.1) is 0 Å². The third-order valence-electron chi connectivity index (χ3n) is 5.27. The number of amidine groups is 1. The Labute approximate surface area is 167 Å². The molecule has 1 aliphatic heterocycles. The number of aromatic nitrogens is 1. The van der Waals surface area contributed by atoms with Crippen LogP contribution in [-0.2, 0) is 6.18 Å². The number of hydrogen-bond donors (Lipinski definition) is 0. The van der Waals surface area contributed by atoms with E-state index < -0.39 is 11.7 Å². The van der Waals surface area contributed by atoms with Crippen LogP contribution in [-0.4, -0.2) is 23.4 Å². The van der Waals surface area contributed by atoms with Gasteiger partial charge < -0.3 is 4.90 Å². The minimum atomic E-state index is -4.35. The van der Waals surface area contributed by atoms with E-state index in [1.165, 1.54) is 12.1 Å². The van der Waals surface area contributed by atoms with Gasteiger partial charge in [0.05, 0.1) is 17.1 Å². The number of pyridine rings is 1. The highest BCUT2D eigenvalue weighted by atomic mass is 19.4. The first-order valence-electron chi connectivity index (χ1n) is 9.51. The Bertz CT molecular complexity index is 1060. The van der Waals surface area contributed by atoms with E-state index in [2.05, 4.69) is 25.8 Å². The van der Waals surface area contributed by atoms with E-state index in [1.807, 2.05) is 35.2 Å². The number of para-hydroxylation sites is 1. The maximum Gasteiger partial charge on any atom is 0.416 e. The predicted molar refractivity (Wildman–Crippen MR) is 110 cm³/mol. The van der Waals surface area contributed by atoms with E-state index in [0.29, 0.717) is 12.2 Å². The van der Waals surface area contributed by atoms with Gasteiger partial charge in [0, 0.05) is 29.4 Å². The van der Waals surface area contributed by atoms with Gasteiger partial charge >= 0.3 is 6.18 Å². The second kappa shape index (κ2) is 6.87. The van der Waals surface area contributed by atoms with Gasteiger partial charge in [0.2, 0.25) is 0 Å². The molecule has 0 bridgehead atoms. The van der Waals surface area contributed by atoms with Gasteiger partial charge in [-0.1, -0.05) is 39.0 Å². The van der Waals surface area contributed by atoms with Crippen LogP contribution in [0.25, 0.3) is 10.9 Å². The van der Waals surface area contributed by atoms with Crippen LogP contribution < -0.4 is 4.90 Å². The van der Waals surface area contributed by atoms with Crippen LogP contribution in [0.1, 0.15) is 31.9 Å². The smallest absolute Gasteiger partial charge is 0.324 e. The summed E-state index contributed by atoms with van der Waals surface area (Å²) in [5.41, 5.74) is 1.67. The molecule has 3 nitrogen and oxygen atoms in total. The molecular formula is C23H22F3N3. The lowest BCUT2D eigenvalue weighted by Crippen LogP contribution is -2.34. The molecule has 29 heavy (non-hydrogen) atoms. The Balaban J connectivity index is 1.82. The Morgan fingerprint density at radius 1 is 0.931 bits per heavy atom. The molecule has 2 aromatic carbocycles. The molecule has 0 aliphatic carbocycles. The number of halogens is 3. The summed E-state index contributed by atoms with van der Waals surface area (Å²) in [5, 5.41) is 0.999. The molecule has 2 heterocycles. The molecule has 0 amide bonds. The highest BCUT2D eigenvalue weighted by Crippen LogP contribution is 2.35. The van der Waals surface area contributed by atoms with E-state index in [9.17, 15) is 13.2 Å². The van der Waals surface area contributed by atoms with Crippen molar-refractivity contribution in [3.63, 3.8) is 0 Å². The Hall–Kier alpha value is -2.89. The topological polar surface area (TPSA) is 28.5 Å². The average molecular weight is 397 g/mol. The summed E-state index contributed by atoms with van der Waals surface area (Å²) in [6.45, 7) is 6.97. The van der Waals surface area contributed by atoms with Gasteiger partial charge in [0.25, 0.3) is 0 Å². The van der Waals surface area contributed by atoms with Gasteiger partial charge in [0.15, 0.2) is 0 Å². The van der Waals surface area contributed by atoms with Gasteiger partial charge in [-0.3, -0.25) is 9.98 Å². The summed E-state index contributed by atoms with van der Waals surface area (Å²) in [5.74, 6) is 0.744. The molecule has 6 heteroatoms. The first-order chi connectivity index (χ1) is 13.6. The summed E-state index contributed by atoms with van der Waals surface area (Å²) in [6, 6.07) is 15.1. The van der Waals surface area contributed by atoms with Gasteiger partial charge in [-0.2, -0.15) is 13.2 Å². The summed E-state index contributed by atoms with van der Waals surface area (Å²) < 4.78 is 39.0. The molecule has 3 aromatic rings. The van der Waals surface area contributed by atoms with Crippen molar-refractivity contribution in [2.75, 3.05) is 11.4 Å². The Morgan fingerprint density at radius 3 is 2.28 bits per heavy atom. The first kappa shape index (κ1) is 19.4. The maximum absolute atomic E-state index is 13.0. The lowest BCUT2D eigenvalue weighted by atomic mass is 9.87. The van der Waals surface area contributed by atoms with Crippen molar-refractivity contribution in [1.82, 2.24) is 4.98 Å². The van der Waals surface area contributed by atoms with Crippen LogP contribution in [0.2, 0.25) is 0 Å².